The first-order valence-electron chi connectivity index (χ1n) is 7.50. The van der Waals surface area contributed by atoms with E-state index < -0.39 is 6.10 Å². The first-order valence-corrected chi connectivity index (χ1v) is 8.67. The van der Waals surface area contributed by atoms with Crippen molar-refractivity contribution in [2.24, 2.45) is 0 Å². The normalized spacial score (nSPS) is 11.7. The molecule has 2 rings (SSSR count). The zero-order valence-electron chi connectivity index (χ0n) is 13.8. The Bertz CT molecular complexity index is 730. The average molecular weight is 430 g/mol. The number of nitrogens with zero attached hydrogens (tertiary/aromatic N) is 1. The van der Waals surface area contributed by atoms with Crippen LogP contribution in [0.1, 0.15) is 6.92 Å². The number of aromatic nitrogens is 1. The van der Waals surface area contributed by atoms with E-state index in [0.717, 1.165) is 0 Å². The Morgan fingerprint density at radius 3 is 2.88 bits per heavy atom. The molecule has 2 aromatic rings. The van der Waals surface area contributed by atoms with Gasteiger partial charge in [-0.05, 0) is 53.2 Å². The van der Waals surface area contributed by atoms with Gasteiger partial charge in [-0.15, -0.1) is 0 Å². The van der Waals surface area contributed by atoms with Gasteiger partial charge >= 0.3 is 0 Å². The van der Waals surface area contributed by atoms with Gasteiger partial charge in [0.25, 0.3) is 5.91 Å². The number of hydrogen-bond donors (Lipinski definition) is 1. The number of anilines is 1. The summed E-state index contributed by atoms with van der Waals surface area (Å²) in [4.78, 5) is 16.5. The van der Waals surface area contributed by atoms with Crippen LogP contribution in [0.15, 0.2) is 41.0 Å². The fourth-order valence-electron chi connectivity index (χ4n) is 1.87. The molecule has 0 aliphatic carbocycles. The summed E-state index contributed by atoms with van der Waals surface area (Å²) in [6.07, 6.45) is 0.854. The van der Waals surface area contributed by atoms with Gasteiger partial charge in [-0.1, -0.05) is 11.6 Å². The molecule has 0 bridgehead atoms. The second kappa shape index (κ2) is 9.60. The molecule has 0 radical (unpaired) electrons. The average Bonchev–Trinajstić information content (AvgIpc) is 2.59. The predicted molar refractivity (Wildman–Crippen MR) is 99.5 cm³/mol. The summed E-state index contributed by atoms with van der Waals surface area (Å²) in [5.41, 5.74) is 0.467. The zero-order chi connectivity index (χ0) is 18.2. The molecule has 0 spiro atoms. The Kier molecular flexibility index (Phi) is 7.49. The van der Waals surface area contributed by atoms with E-state index in [1.54, 1.807) is 50.6 Å². The van der Waals surface area contributed by atoms with E-state index in [9.17, 15) is 4.79 Å². The standard InChI is InChI=1S/C17H18BrClN2O4/c1-11(25-15-6-5-12(19)10-13(15)18)16(22)21-14-4-3-7-20-17(14)24-9-8-23-2/h3-7,10-11H,8-9H2,1-2H3,(H,21,22). The summed E-state index contributed by atoms with van der Waals surface area (Å²) in [5.74, 6) is 0.522. The van der Waals surface area contributed by atoms with Gasteiger partial charge < -0.3 is 19.5 Å². The van der Waals surface area contributed by atoms with Gasteiger partial charge in [0.15, 0.2) is 6.10 Å². The molecule has 1 unspecified atom stereocenters. The molecule has 8 heteroatoms. The van der Waals surface area contributed by atoms with E-state index in [2.05, 4.69) is 26.2 Å². The summed E-state index contributed by atoms with van der Waals surface area (Å²) in [6.45, 7) is 2.41. The maximum absolute atomic E-state index is 12.4. The van der Waals surface area contributed by atoms with Crippen LogP contribution in [0.5, 0.6) is 11.6 Å². The second-order valence-corrected chi connectivity index (χ2v) is 6.31. The van der Waals surface area contributed by atoms with Crippen molar-refractivity contribution >= 4 is 39.1 Å². The SMILES string of the molecule is COCCOc1ncccc1NC(=O)C(C)Oc1ccc(Cl)cc1Br. The van der Waals surface area contributed by atoms with Gasteiger partial charge in [0, 0.05) is 18.3 Å². The first kappa shape index (κ1) is 19.5. The molecule has 0 aliphatic rings. The van der Waals surface area contributed by atoms with Crippen molar-refractivity contribution < 1.29 is 19.0 Å². The largest absolute Gasteiger partial charge is 0.480 e. The Morgan fingerprint density at radius 1 is 1.36 bits per heavy atom. The number of nitrogens with one attached hydrogen (secondary N) is 1. The van der Waals surface area contributed by atoms with Crippen LogP contribution in [-0.4, -0.2) is 37.3 Å². The number of hydrogen-bond acceptors (Lipinski definition) is 5. The van der Waals surface area contributed by atoms with Gasteiger partial charge in [-0.25, -0.2) is 4.98 Å². The summed E-state index contributed by atoms with van der Waals surface area (Å²) in [5, 5.41) is 3.33. The molecular formula is C17H18BrClN2O4. The van der Waals surface area contributed by atoms with E-state index in [4.69, 9.17) is 25.8 Å². The molecular weight excluding hydrogens is 412 g/mol. The number of ether oxygens (including phenoxy) is 3. The van der Waals surface area contributed by atoms with Crippen molar-refractivity contribution in [2.45, 2.75) is 13.0 Å². The summed E-state index contributed by atoms with van der Waals surface area (Å²) >= 11 is 9.25. The van der Waals surface area contributed by atoms with E-state index in [1.807, 2.05) is 0 Å². The number of halogens is 2. The lowest BCUT2D eigenvalue weighted by Crippen LogP contribution is -2.30. The highest BCUT2D eigenvalue weighted by molar-refractivity contribution is 9.10. The van der Waals surface area contributed by atoms with E-state index in [0.29, 0.717) is 40.0 Å². The summed E-state index contributed by atoms with van der Waals surface area (Å²) < 4.78 is 16.8. The van der Waals surface area contributed by atoms with Crippen molar-refractivity contribution in [1.82, 2.24) is 4.98 Å². The topological polar surface area (TPSA) is 69.7 Å². The number of carbonyl (C=O) groups is 1. The third-order valence-electron chi connectivity index (χ3n) is 3.12. The number of amides is 1. The molecule has 1 amide bonds. The van der Waals surface area contributed by atoms with Crippen LogP contribution in [-0.2, 0) is 9.53 Å². The molecule has 1 heterocycles. The molecule has 0 saturated heterocycles. The van der Waals surface area contributed by atoms with Crippen LogP contribution in [0, 0.1) is 0 Å². The summed E-state index contributed by atoms with van der Waals surface area (Å²) in [7, 11) is 1.58. The van der Waals surface area contributed by atoms with Crippen LogP contribution in [0.4, 0.5) is 5.69 Å². The van der Waals surface area contributed by atoms with Crippen molar-refractivity contribution in [2.75, 3.05) is 25.6 Å². The van der Waals surface area contributed by atoms with Crippen molar-refractivity contribution in [1.29, 1.82) is 0 Å². The van der Waals surface area contributed by atoms with Crippen LogP contribution in [0.3, 0.4) is 0 Å². The smallest absolute Gasteiger partial charge is 0.265 e. The molecule has 0 aliphatic heterocycles. The van der Waals surface area contributed by atoms with E-state index >= 15 is 0 Å². The Morgan fingerprint density at radius 2 is 2.16 bits per heavy atom. The molecule has 134 valence electrons. The van der Waals surface area contributed by atoms with Crippen molar-refractivity contribution in [3.63, 3.8) is 0 Å². The molecule has 1 aromatic carbocycles. The third-order valence-corrected chi connectivity index (χ3v) is 3.98. The monoisotopic (exact) mass is 428 g/mol. The molecule has 25 heavy (non-hydrogen) atoms. The molecule has 1 aromatic heterocycles. The predicted octanol–water partition coefficient (Wildman–Crippen LogP) is 3.93. The maximum Gasteiger partial charge on any atom is 0.265 e. The Hall–Kier alpha value is -1.83. The minimum Gasteiger partial charge on any atom is -0.480 e. The lowest BCUT2D eigenvalue weighted by atomic mass is 10.3. The molecule has 0 fully saturated rings. The Balaban J connectivity index is 2.01. The number of carbonyl (C=O) groups excluding carboxylic acids is 1. The zero-order valence-corrected chi connectivity index (χ0v) is 16.1. The molecule has 6 nitrogen and oxygen atoms in total. The number of pyridine rings is 1. The van der Waals surface area contributed by atoms with Crippen molar-refractivity contribution in [3.8, 4) is 11.6 Å². The van der Waals surface area contributed by atoms with E-state index in [-0.39, 0.29) is 5.91 Å². The first-order chi connectivity index (χ1) is 12.0. The number of benzene rings is 1. The van der Waals surface area contributed by atoms with Gasteiger partial charge in [0.1, 0.15) is 18.0 Å². The van der Waals surface area contributed by atoms with Crippen LogP contribution >= 0.6 is 27.5 Å². The quantitative estimate of drug-likeness (QED) is 0.644. The maximum atomic E-state index is 12.4. The van der Waals surface area contributed by atoms with Gasteiger partial charge in [0.2, 0.25) is 5.88 Å². The fourth-order valence-corrected chi connectivity index (χ4v) is 2.65. The lowest BCUT2D eigenvalue weighted by Gasteiger charge is -2.17. The van der Waals surface area contributed by atoms with Crippen LogP contribution in [0.25, 0.3) is 0 Å². The molecule has 0 saturated carbocycles. The van der Waals surface area contributed by atoms with Crippen LogP contribution in [0.2, 0.25) is 5.02 Å². The molecule has 1 atom stereocenters. The fraction of sp³-hybridized carbons (Fsp3) is 0.294. The number of methoxy groups -OCH3 is 1. The minimum absolute atomic E-state index is 0.327. The lowest BCUT2D eigenvalue weighted by molar-refractivity contribution is -0.122. The van der Waals surface area contributed by atoms with Crippen LogP contribution < -0.4 is 14.8 Å². The Labute approximate surface area is 159 Å². The van der Waals surface area contributed by atoms with Gasteiger partial charge in [-0.3, -0.25) is 4.79 Å². The second-order valence-electron chi connectivity index (χ2n) is 5.02. The summed E-state index contributed by atoms with van der Waals surface area (Å²) in [6, 6.07) is 8.50. The minimum atomic E-state index is -0.732. The van der Waals surface area contributed by atoms with Crippen molar-refractivity contribution in [3.05, 3.63) is 46.0 Å². The highest BCUT2D eigenvalue weighted by atomic mass is 79.9. The number of rotatable bonds is 8. The molecule has 1 N–H and O–H groups in total. The third kappa shape index (κ3) is 5.88. The van der Waals surface area contributed by atoms with Gasteiger partial charge in [-0.2, -0.15) is 0 Å². The highest BCUT2D eigenvalue weighted by Crippen LogP contribution is 2.29. The van der Waals surface area contributed by atoms with E-state index in [1.165, 1.54) is 0 Å². The van der Waals surface area contributed by atoms with Gasteiger partial charge in [0.05, 0.1) is 11.1 Å². The highest BCUT2D eigenvalue weighted by Gasteiger charge is 2.18.